The highest BCUT2D eigenvalue weighted by Gasteiger charge is 2.43. The summed E-state index contributed by atoms with van der Waals surface area (Å²) in [5.74, 6) is -2.67. The highest BCUT2D eigenvalue weighted by molar-refractivity contribution is 6.06. The maximum atomic E-state index is 13.3. The van der Waals surface area contributed by atoms with Crippen LogP contribution in [0, 0.1) is 21.4 Å². The standard InChI is InChI=1S/C29H24N4O8/c1-38-22-11-7-8-12-23(22)41-20-14-18(13-19(15-20)33(36)37)32-26(29(35)40-3)25(28(34)39-2)24(21(16-30)27(32)31)17-9-5-4-6-10-17/h4-15,24H,31H2,1-3H3. The van der Waals surface area contributed by atoms with E-state index in [-0.39, 0.29) is 39.9 Å². The van der Waals surface area contributed by atoms with Crippen molar-refractivity contribution in [3.05, 3.63) is 111 Å². The number of nitrogens with zero attached hydrogens (tertiary/aromatic N) is 3. The largest absolute Gasteiger partial charge is 0.493 e. The van der Waals surface area contributed by atoms with E-state index >= 15 is 0 Å². The minimum Gasteiger partial charge on any atom is -0.493 e. The summed E-state index contributed by atoms with van der Waals surface area (Å²) in [6, 6.07) is 20.8. The van der Waals surface area contributed by atoms with E-state index in [0.717, 1.165) is 25.2 Å². The lowest BCUT2D eigenvalue weighted by Gasteiger charge is -2.35. The molecular formula is C29H24N4O8. The number of benzene rings is 3. The number of rotatable bonds is 8. The lowest BCUT2D eigenvalue weighted by molar-refractivity contribution is -0.384. The molecule has 0 bridgehead atoms. The number of para-hydroxylation sites is 2. The Hall–Kier alpha value is -5.83. The average molecular weight is 557 g/mol. The molecule has 2 N–H and O–H groups in total. The molecule has 3 aromatic carbocycles. The molecule has 0 amide bonds. The Morgan fingerprint density at radius 2 is 1.59 bits per heavy atom. The van der Waals surface area contributed by atoms with Crippen molar-refractivity contribution < 1.29 is 33.5 Å². The first-order chi connectivity index (χ1) is 19.7. The zero-order valence-corrected chi connectivity index (χ0v) is 22.2. The number of esters is 2. The number of hydrogen-bond donors (Lipinski definition) is 1. The summed E-state index contributed by atoms with van der Waals surface area (Å²) in [4.78, 5) is 38.9. The lowest BCUT2D eigenvalue weighted by Crippen LogP contribution is -2.40. The number of nitriles is 1. The number of carbonyl (C=O) groups is 2. The van der Waals surface area contributed by atoms with E-state index in [1.165, 1.54) is 19.2 Å². The molecule has 1 aliphatic rings. The van der Waals surface area contributed by atoms with E-state index in [1.807, 2.05) is 6.07 Å². The van der Waals surface area contributed by atoms with Crippen LogP contribution in [-0.4, -0.2) is 38.2 Å². The second-order valence-corrected chi connectivity index (χ2v) is 8.53. The molecule has 0 saturated heterocycles. The van der Waals surface area contributed by atoms with Crippen LogP contribution in [0.3, 0.4) is 0 Å². The van der Waals surface area contributed by atoms with Gasteiger partial charge in [-0.05, 0) is 17.7 Å². The van der Waals surface area contributed by atoms with Gasteiger partial charge in [0.05, 0.1) is 61.1 Å². The van der Waals surface area contributed by atoms with Crippen LogP contribution >= 0.6 is 0 Å². The van der Waals surface area contributed by atoms with Crippen molar-refractivity contribution >= 4 is 23.3 Å². The molecule has 0 aromatic heterocycles. The first-order valence-electron chi connectivity index (χ1n) is 12.0. The fourth-order valence-corrected chi connectivity index (χ4v) is 4.47. The van der Waals surface area contributed by atoms with Crippen molar-refractivity contribution in [2.45, 2.75) is 5.92 Å². The number of ether oxygens (including phenoxy) is 4. The fraction of sp³-hybridized carbons (Fsp3) is 0.138. The van der Waals surface area contributed by atoms with Crippen LogP contribution in [0.25, 0.3) is 0 Å². The first kappa shape index (κ1) is 28.2. The van der Waals surface area contributed by atoms with Gasteiger partial charge in [0, 0.05) is 12.1 Å². The maximum Gasteiger partial charge on any atom is 0.355 e. The summed E-state index contributed by atoms with van der Waals surface area (Å²) < 4.78 is 21.3. The van der Waals surface area contributed by atoms with Gasteiger partial charge in [-0.15, -0.1) is 0 Å². The monoisotopic (exact) mass is 556 g/mol. The van der Waals surface area contributed by atoms with Gasteiger partial charge < -0.3 is 24.7 Å². The van der Waals surface area contributed by atoms with E-state index in [2.05, 4.69) is 0 Å². The van der Waals surface area contributed by atoms with E-state index in [9.17, 15) is 25.0 Å². The van der Waals surface area contributed by atoms with Crippen LogP contribution in [0.4, 0.5) is 11.4 Å². The molecule has 208 valence electrons. The number of allylic oxidation sites excluding steroid dienone is 1. The van der Waals surface area contributed by atoms with Crippen molar-refractivity contribution in [1.29, 1.82) is 5.26 Å². The number of methoxy groups -OCH3 is 3. The smallest absolute Gasteiger partial charge is 0.355 e. The minimum atomic E-state index is -1.10. The summed E-state index contributed by atoms with van der Waals surface area (Å²) >= 11 is 0. The van der Waals surface area contributed by atoms with Gasteiger partial charge in [-0.3, -0.25) is 15.0 Å². The van der Waals surface area contributed by atoms with Crippen molar-refractivity contribution in [3.63, 3.8) is 0 Å². The van der Waals surface area contributed by atoms with Gasteiger partial charge in [0.2, 0.25) is 0 Å². The van der Waals surface area contributed by atoms with Crippen LogP contribution in [0.5, 0.6) is 17.2 Å². The Labute approximate surface area is 234 Å². The number of carbonyl (C=O) groups excluding carboxylic acids is 2. The molecule has 1 atom stereocenters. The average Bonchev–Trinajstić information content (AvgIpc) is 3.00. The molecule has 0 fully saturated rings. The second kappa shape index (κ2) is 11.9. The van der Waals surface area contributed by atoms with Gasteiger partial charge in [-0.2, -0.15) is 5.26 Å². The van der Waals surface area contributed by atoms with Gasteiger partial charge in [-0.25, -0.2) is 9.59 Å². The lowest BCUT2D eigenvalue weighted by atomic mass is 9.81. The van der Waals surface area contributed by atoms with E-state index in [4.69, 9.17) is 24.7 Å². The highest BCUT2D eigenvalue weighted by Crippen LogP contribution is 2.45. The Morgan fingerprint density at radius 3 is 2.17 bits per heavy atom. The molecular weight excluding hydrogens is 532 g/mol. The molecule has 12 heteroatoms. The zero-order chi connectivity index (χ0) is 29.7. The molecule has 1 unspecified atom stereocenters. The Balaban J connectivity index is 2.02. The molecule has 41 heavy (non-hydrogen) atoms. The zero-order valence-electron chi connectivity index (χ0n) is 22.2. The molecule has 0 aliphatic carbocycles. The molecule has 4 rings (SSSR count). The van der Waals surface area contributed by atoms with E-state index in [0.29, 0.717) is 11.3 Å². The SMILES string of the molecule is COC(=O)C1=C(C(=O)OC)N(c2cc(Oc3ccccc3OC)cc([N+](=O)[O-])c2)C(N)=C(C#N)C1c1ccccc1. The predicted molar refractivity (Wildman–Crippen MR) is 146 cm³/mol. The van der Waals surface area contributed by atoms with E-state index < -0.39 is 28.5 Å². The van der Waals surface area contributed by atoms with Gasteiger partial charge >= 0.3 is 11.9 Å². The van der Waals surface area contributed by atoms with Gasteiger partial charge in [-0.1, -0.05) is 42.5 Å². The third-order valence-corrected chi connectivity index (χ3v) is 6.25. The Morgan fingerprint density at radius 1 is 0.951 bits per heavy atom. The topological polar surface area (TPSA) is 167 Å². The van der Waals surface area contributed by atoms with Crippen molar-refractivity contribution in [2.75, 3.05) is 26.2 Å². The Kier molecular flexibility index (Phi) is 8.19. The van der Waals surface area contributed by atoms with Gasteiger partial charge in [0.15, 0.2) is 11.5 Å². The first-order valence-corrected chi connectivity index (χ1v) is 12.0. The number of nitrogens with two attached hydrogens (primary N) is 1. The number of non-ortho nitro benzene ring substituents is 1. The van der Waals surface area contributed by atoms with Gasteiger partial charge in [0.25, 0.3) is 5.69 Å². The van der Waals surface area contributed by atoms with Crippen LogP contribution in [0.15, 0.2) is 95.5 Å². The Bertz CT molecular complexity index is 1630. The number of nitro benzene ring substituents is 1. The molecule has 0 saturated carbocycles. The molecule has 3 aromatic rings. The summed E-state index contributed by atoms with van der Waals surface area (Å²) in [7, 11) is 3.66. The highest BCUT2D eigenvalue weighted by atomic mass is 16.6. The van der Waals surface area contributed by atoms with Gasteiger partial charge in [0.1, 0.15) is 17.3 Å². The molecule has 0 radical (unpaired) electrons. The summed E-state index contributed by atoms with van der Waals surface area (Å²) in [6.07, 6.45) is 0. The van der Waals surface area contributed by atoms with Crippen LogP contribution in [0.2, 0.25) is 0 Å². The summed E-state index contributed by atoms with van der Waals surface area (Å²) in [6.45, 7) is 0. The second-order valence-electron chi connectivity index (χ2n) is 8.53. The molecule has 1 heterocycles. The van der Waals surface area contributed by atoms with Crippen molar-refractivity contribution in [1.82, 2.24) is 0 Å². The minimum absolute atomic E-state index is 0.0148. The van der Waals surface area contributed by atoms with Crippen LogP contribution < -0.4 is 20.1 Å². The van der Waals surface area contributed by atoms with Crippen LogP contribution in [0.1, 0.15) is 11.5 Å². The summed E-state index contributed by atoms with van der Waals surface area (Å²) in [5, 5.41) is 22.1. The van der Waals surface area contributed by atoms with Crippen molar-refractivity contribution in [2.24, 2.45) is 5.73 Å². The quantitative estimate of drug-likeness (QED) is 0.239. The summed E-state index contributed by atoms with van der Waals surface area (Å²) in [5.41, 5.74) is 5.80. The number of hydrogen-bond acceptors (Lipinski definition) is 11. The molecule has 1 aliphatic heterocycles. The van der Waals surface area contributed by atoms with Crippen molar-refractivity contribution in [3.8, 4) is 23.3 Å². The van der Waals surface area contributed by atoms with Crippen LogP contribution in [-0.2, 0) is 19.1 Å². The van der Waals surface area contributed by atoms with E-state index in [1.54, 1.807) is 54.6 Å². The third-order valence-electron chi connectivity index (χ3n) is 6.25. The molecule has 12 nitrogen and oxygen atoms in total. The number of anilines is 1. The fourth-order valence-electron chi connectivity index (χ4n) is 4.47. The number of nitro groups is 1. The third kappa shape index (κ3) is 5.37. The predicted octanol–water partition coefficient (Wildman–Crippen LogP) is 4.29. The molecule has 0 spiro atoms. The normalized spacial score (nSPS) is 14.7. The maximum absolute atomic E-state index is 13.3.